The Kier molecular flexibility index (Phi) is 45.9. The number of esters is 3. The molecule has 0 amide bonds. The molecular weight excluding hydrogens is 733 g/mol. The molecule has 0 N–H and O–H groups in total. The molecule has 0 heterocycles. The largest absolute Gasteiger partial charge is 0.462 e. The Bertz CT molecular complexity index is 1040. The summed E-state index contributed by atoms with van der Waals surface area (Å²) in [6, 6.07) is 0. The van der Waals surface area contributed by atoms with E-state index in [1.165, 1.54) is 109 Å². The summed E-state index contributed by atoms with van der Waals surface area (Å²) >= 11 is 0. The Hall–Kier alpha value is -2.63. The number of hydrogen-bond acceptors (Lipinski definition) is 6. The van der Waals surface area contributed by atoms with Crippen molar-refractivity contribution in [1.82, 2.24) is 0 Å². The molecule has 0 aliphatic carbocycles. The van der Waals surface area contributed by atoms with Crippen LogP contribution < -0.4 is 0 Å². The number of unbranched alkanes of at least 4 members (excludes halogenated alkanes) is 26. The van der Waals surface area contributed by atoms with Gasteiger partial charge in [-0.05, 0) is 70.6 Å². The van der Waals surface area contributed by atoms with Crippen LogP contribution in [0.2, 0.25) is 0 Å². The van der Waals surface area contributed by atoms with Crippen molar-refractivity contribution in [3.8, 4) is 0 Å². The zero-order chi connectivity index (χ0) is 43.0. The van der Waals surface area contributed by atoms with Crippen LogP contribution in [-0.2, 0) is 28.6 Å². The van der Waals surface area contributed by atoms with Crippen LogP contribution >= 0.6 is 0 Å². The third-order valence-corrected chi connectivity index (χ3v) is 10.8. The first kappa shape index (κ1) is 56.4. The topological polar surface area (TPSA) is 78.9 Å². The fourth-order valence-electron chi connectivity index (χ4n) is 7.03. The molecule has 0 saturated heterocycles. The van der Waals surface area contributed by atoms with E-state index in [0.717, 1.165) is 103 Å². The minimum absolute atomic E-state index is 0.0812. The lowest BCUT2D eigenvalue weighted by Crippen LogP contribution is -2.30. The Morgan fingerprint density at radius 2 is 0.678 bits per heavy atom. The summed E-state index contributed by atoms with van der Waals surface area (Å²) in [5.41, 5.74) is 0. The van der Waals surface area contributed by atoms with E-state index in [1.807, 2.05) is 0 Å². The first-order valence-electron chi connectivity index (χ1n) is 25.1. The van der Waals surface area contributed by atoms with Gasteiger partial charge in [-0.2, -0.15) is 0 Å². The third-order valence-electron chi connectivity index (χ3n) is 10.8. The Morgan fingerprint density at radius 1 is 0.356 bits per heavy atom. The minimum Gasteiger partial charge on any atom is -0.462 e. The monoisotopic (exact) mass is 827 g/mol. The average Bonchev–Trinajstić information content (AvgIpc) is 3.23. The number of ether oxygens (including phenoxy) is 3. The molecule has 0 rings (SSSR count). The molecule has 0 spiro atoms. The third kappa shape index (κ3) is 46.3. The van der Waals surface area contributed by atoms with E-state index >= 15 is 0 Å². The van der Waals surface area contributed by atoms with Gasteiger partial charge in [0, 0.05) is 19.3 Å². The van der Waals surface area contributed by atoms with Gasteiger partial charge in [0.1, 0.15) is 13.2 Å². The normalized spacial score (nSPS) is 12.4. The molecular formula is C53H94O6. The molecule has 0 saturated carbocycles. The number of hydrogen-bond donors (Lipinski definition) is 0. The second-order valence-electron chi connectivity index (χ2n) is 16.7. The summed E-state index contributed by atoms with van der Waals surface area (Å²) in [6.07, 6.45) is 56.6. The number of rotatable bonds is 45. The van der Waals surface area contributed by atoms with Gasteiger partial charge >= 0.3 is 17.9 Å². The molecule has 0 radical (unpaired) electrons. The molecule has 0 bridgehead atoms. The Morgan fingerprint density at radius 3 is 1.10 bits per heavy atom. The highest BCUT2D eigenvalue weighted by molar-refractivity contribution is 5.71. The van der Waals surface area contributed by atoms with Gasteiger partial charge in [-0.15, -0.1) is 0 Å². The van der Waals surface area contributed by atoms with Gasteiger partial charge in [-0.1, -0.05) is 211 Å². The summed E-state index contributed by atoms with van der Waals surface area (Å²) in [7, 11) is 0. The predicted octanol–water partition coefficient (Wildman–Crippen LogP) is 16.3. The van der Waals surface area contributed by atoms with Crippen molar-refractivity contribution in [2.24, 2.45) is 0 Å². The van der Waals surface area contributed by atoms with Gasteiger partial charge in [0.2, 0.25) is 0 Å². The van der Waals surface area contributed by atoms with Gasteiger partial charge in [-0.3, -0.25) is 14.4 Å². The first-order chi connectivity index (χ1) is 29.0. The first-order valence-corrected chi connectivity index (χ1v) is 25.1. The maximum absolute atomic E-state index is 12.8. The van der Waals surface area contributed by atoms with Crippen LogP contribution in [0.15, 0.2) is 48.6 Å². The van der Waals surface area contributed by atoms with Crippen LogP contribution in [0.3, 0.4) is 0 Å². The zero-order valence-electron chi connectivity index (χ0n) is 39.0. The number of carbonyl (C=O) groups is 3. The van der Waals surface area contributed by atoms with Crippen molar-refractivity contribution < 1.29 is 28.6 Å². The molecule has 0 aromatic heterocycles. The van der Waals surface area contributed by atoms with Gasteiger partial charge in [0.05, 0.1) is 0 Å². The summed E-state index contributed by atoms with van der Waals surface area (Å²) < 4.78 is 16.8. The van der Waals surface area contributed by atoms with Crippen LogP contribution in [0, 0.1) is 0 Å². The van der Waals surface area contributed by atoms with E-state index in [4.69, 9.17) is 14.2 Å². The lowest BCUT2D eigenvalue weighted by atomic mass is 10.0. The van der Waals surface area contributed by atoms with E-state index in [9.17, 15) is 14.4 Å². The van der Waals surface area contributed by atoms with Gasteiger partial charge in [0.25, 0.3) is 0 Å². The molecule has 0 aliphatic rings. The molecule has 6 nitrogen and oxygen atoms in total. The second kappa shape index (κ2) is 48.0. The summed E-state index contributed by atoms with van der Waals surface area (Å²) in [6.45, 7) is 6.48. The standard InChI is InChI=1S/C53H94O6/c1-4-7-10-13-16-19-22-24-26-28-31-34-37-40-43-46-52(55)58-49-50(48-57-51(54)45-42-39-36-33-30-21-18-15-12-9-6-3)59-53(56)47-44-41-38-35-32-29-27-25-23-20-17-14-11-8-5-2/h7,10,15-16,18-19,24,26,50H,4-6,8-9,11-14,17,20-23,25,27-49H2,1-3H3/b10-7-,18-15-,19-16-,26-24-/t50-/m1/s1. The van der Waals surface area contributed by atoms with Crippen LogP contribution in [0.4, 0.5) is 0 Å². The zero-order valence-corrected chi connectivity index (χ0v) is 39.0. The van der Waals surface area contributed by atoms with Crippen LogP contribution in [0.25, 0.3) is 0 Å². The maximum Gasteiger partial charge on any atom is 0.306 e. The Balaban J connectivity index is 4.38. The molecule has 0 aromatic carbocycles. The molecule has 59 heavy (non-hydrogen) atoms. The average molecular weight is 827 g/mol. The van der Waals surface area contributed by atoms with E-state index < -0.39 is 6.10 Å². The summed E-state index contributed by atoms with van der Waals surface area (Å²) in [5.74, 6) is -0.901. The highest BCUT2D eigenvalue weighted by Crippen LogP contribution is 2.15. The van der Waals surface area contributed by atoms with Gasteiger partial charge in [-0.25, -0.2) is 0 Å². The fourth-order valence-corrected chi connectivity index (χ4v) is 7.03. The van der Waals surface area contributed by atoms with E-state index in [-0.39, 0.29) is 31.1 Å². The van der Waals surface area contributed by atoms with Crippen LogP contribution in [0.5, 0.6) is 0 Å². The quantitative estimate of drug-likeness (QED) is 0.0263. The molecule has 0 fully saturated rings. The van der Waals surface area contributed by atoms with Crippen molar-refractivity contribution in [2.45, 2.75) is 258 Å². The van der Waals surface area contributed by atoms with Gasteiger partial charge < -0.3 is 14.2 Å². The molecule has 0 aliphatic heterocycles. The van der Waals surface area contributed by atoms with Crippen LogP contribution in [0.1, 0.15) is 252 Å². The predicted molar refractivity (Wildman–Crippen MR) is 252 cm³/mol. The Labute approximate surface area is 365 Å². The van der Waals surface area contributed by atoms with E-state index in [1.54, 1.807) is 0 Å². The van der Waals surface area contributed by atoms with Crippen molar-refractivity contribution >= 4 is 17.9 Å². The maximum atomic E-state index is 12.8. The molecule has 6 heteroatoms. The number of carbonyl (C=O) groups excluding carboxylic acids is 3. The molecule has 1 atom stereocenters. The minimum atomic E-state index is -0.779. The van der Waals surface area contributed by atoms with Crippen molar-refractivity contribution in [2.75, 3.05) is 13.2 Å². The second-order valence-corrected chi connectivity index (χ2v) is 16.7. The molecule has 0 aromatic rings. The van der Waals surface area contributed by atoms with E-state index in [2.05, 4.69) is 69.4 Å². The van der Waals surface area contributed by atoms with Crippen molar-refractivity contribution in [3.63, 3.8) is 0 Å². The van der Waals surface area contributed by atoms with Crippen molar-refractivity contribution in [3.05, 3.63) is 48.6 Å². The summed E-state index contributed by atoms with van der Waals surface area (Å²) in [5, 5.41) is 0. The highest BCUT2D eigenvalue weighted by Gasteiger charge is 2.19. The fraction of sp³-hybridized carbons (Fsp3) is 0.792. The molecule has 342 valence electrons. The summed E-state index contributed by atoms with van der Waals surface area (Å²) in [4.78, 5) is 37.9. The van der Waals surface area contributed by atoms with Crippen LogP contribution in [-0.4, -0.2) is 37.2 Å². The lowest BCUT2D eigenvalue weighted by Gasteiger charge is -2.18. The smallest absolute Gasteiger partial charge is 0.306 e. The highest BCUT2D eigenvalue weighted by atomic mass is 16.6. The van der Waals surface area contributed by atoms with Crippen molar-refractivity contribution in [1.29, 1.82) is 0 Å². The van der Waals surface area contributed by atoms with E-state index in [0.29, 0.717) is 19.3 Å². The molecule has 0 unspecified atom stereocenters. The lowest BCUT2D eigenvalue weighted by molar-refractivity contribution is -0.167. The number of allylic oxidation sites excluding steroid dienone is 8. The SMILES string of the molecule is CC/C=C\C/C=C\C/C=C\CCCCCCCC(=O)OC[C@@H](COC(=O)CCCCCCC/C=C\CCCC)OC(=O)CCCCCCCCCCCCCCCCC. The van der Waals surface area contributed by atoms with Gasteiger partial charge in [0.15, 0.2) is 6.10 Å².